The Kier molecular flexibility index (Phi) is 3.31. The predicted octanol–water partition coefficient (Wildman–Crippen LogP) is 3.36. The van der Waals surface area contributed by atoms with E-state index in [1.54, 1.807) is 6.33 Å². The summed E-state index contributed by atoms with van der Waals surface area (Å²) in [6.07, 6.45) is 5.99. The lowest BCUT2D eigenvalue weighted by Crippen LogP contribution is -2.03. The summed E-state index contributed by atoms with van der Waals surface area (Å²) in [5, 5.41) is 10.6. The van der Waals surface area contributed by atoms with E-state index in [2.05, 4.69) is 43.7 Å². The summed E-state index contributed by atoms with van der Waals surface area (Å²) in [4.78, 5) is 8.64. The third-order valence-electron chi connectivity index (χ3n) is 3.92. The standard InChI is InChI=1S/C17H17N5/c1-2-4-13(5-3-1)17-14(10-21-22-17)9-18-16-8-15(12-6-7-12)19-11-20-16/h1-5,8,10-12H,6-7,9H2,(H,21,22)(H,18,19,20). The SMILES string of the molecule is c1ccc(-c2[nH]ncc2CNc2cc(C3CC3)ncn2)cc1. The van der Waals surface area contributed by atoms with Crippen molar-refractivity contribution >= 4 is 5.82 Å². The first-order valence-electron chi connectivity index (χ1n) is 7.53. The van der Waals surface area contributed by atoms with E-state index in [1.165, 1.54) is 12.8 Å². The maximum atomic E-state index is 4.34. The van der Waals surface area contributed by atoms with Gasteiger partial charge >= 0.3 is 0 Å². The molecule has 1 fully saturated rings. The average molecular weight is 291 g/mol. The number of anilines is 1. The van der Waals surface area contributed by atoms with Gasteiger partial charge in [0.05, 0.1) is 11.9 Å². The van der Waals surface area contributed by atoms with E-state index < -0.39 is 0 Å². The van der Waals surface area contributed by atoms with Crippen LogP contribution in [0.15, 0.2) is 48.9 Å². The van der Waals surface area contributed by atoms with E-state index in [9.17, 15) is 0 Å². The van der Waals surface area contributed by atoms with Crippen LogP contribution in [0.4, 0.5) is 5.82 Å². The lowest BCUT2D eigenvalue weighted by atomic mass is 10.1. The molecule has 2 heterocycles. The van der Waals surface area contributed by atoms with Gasteiger partial charge in [0.15, 0.2) is 0 Å². The van der Waals surface area contributed by atoms with Gasteiger partial charge in [-0.3, -0.25) is 5.10 Å². The molecule has 2 aromatic heterocycles. The predicted molar refractivity (Wildman–Crippen MR) is 85.4 cm³/mol. The minimum Gasteiger partial charge on any atom is -0.366 e. The largest absolute Gasteiger partial charge is 0.366 e. The highest BCUT2D eigenvalue weighted by Gasteiger charge is 2.25. The molecular weight excluding hydrogens is 274 g/mol. The van der Waals surface area contributed by atoms with Crippen molar-refractivity contribution in [3.63, 3.8) is 0 Å². The first-order chi connectivity index (χ1) is 10.9. The number of nitrogens with one attached hydrogen (secondary N) is 2. The van der Waals surface area contributed by atoms with E-state index in [0.29, 0.717) is 12.5 Å². The van der Waals surface area contributed by atoms with Gasteiger partial charge in [-0.05, 0) is 18.4 Å². The van der Waals surface area contributed by atoms with Crippen LogP contribution in [0.1, 0.15) is 30.0 Å². The summed E-state index contributed by atoms with van der Waals surface area (Å²) >= 11 is 0. The molecule has 0 atom stereocenters. The van der Waals surface area contributed by atoms with Gasteiger partial charge in [0.1, 0.15) is 12.1 Å². The number of benzene rings is 1. The minimum atomic E-state index is 0.636. The van der Waals surface area contributed by atoms with Gasteiger partial charge in [0.25, 0.3) is 0 Å². The molecule has 2 N–H and O–H groups in total. The Balaban J connectivity index is 1.50. The Hall–Kier alpha value is -2.69. The fraction of sp³-hybridized carbons (Fsp3) is 0.235. The van der Waals surface area contributed by atoms with Crippen LogP contribution in [0.3, 0.4) is 0 Å². The minimum absolute atomic E-state index is 0.636. The third-order valence-corrected chi connectivity index (χ3v) is 3.92. The van der Waals surface area contributed by atoms with E-state index in [4.69, 9.17) is 0 Å². The zero-order valence-corrected chi connectivity index (χ0v) is 12.2. The highest BCUT2D eigenvalue weighted by molar-refractivity contribution is 5.62. The number of aromatic amines is 1. The maximum absolute atomic E-state index is 4.34. The van der Waals surface area contributed by atoms with Gasteiger partial charge in [0, 0.05) is 29.8 Å². The second-order valence-corrected chi connectivity index (χ2v) is 5.59. The fourth-order valence-electron chi connectivity index (χ4n) is 2.56. The van der Waals surface area contributed by atoms with Gasteiger partial charge in [-0.1, -0.05) is 30.3 Å². The van der Waals surface area contributed by atoms with Crippen LogP contribution in [0.25, 0.3) is 11.3 Å². The molecule has 0 unspecified atom stereocenters. The molecule has 0 saturated heterocycles. The Morgan fingerprint density at radius 2 is 2.00 bits per heavy atom. The molecule has 0 bridgehead atoms. The zero-order chi connectivity index (χ0) is 14.8. The molecule has 3 aromatic rings. The molecule has 4 rings (SSSR count). The van der Waals surface area contributed by atoms with Crippen molar-refractivity contribution in [2.45, 2.75) is 25.3 Å². The molecule has 1 aliphatic rings. The Bertz CT molecular complexity index is 761. The number of hydrogen-bond acceptors (Lipinski definition) is 4. The van der Waals surface area contributed by atoms with Crippen LogP contribution in [-0.4, -0.2) is 20.2 Å². The molecule has 5 nitrogen and oxygen atoms in total. The van der Waals surface area contributed by atoms with Crippen molar-refractivity contribution < 1.29 is 0 Å². The lowest BCUT2D eigenvalue weighted by molar-refractivity contribution is 0.977. The van der Waals surface area contributed by atoms with Crippen LogP contribution >= 0.6 is 0 Å². The molecule has 0 radical (unpaired) electrons. The van der Waals surface area contributed by atoms with Crippen LogP contribution < -0.4 is 5.32 Å². The van der Waals surface area contributed by atoms with Gasteiger partial charge in [-0.25, -0.2) is 9.97 Å². The number of H-pyrrole nitrogens is 1. The van der Waals surface area contributed by atoms with E-state index in [-0.39, 0.29) is 0 Å². The highest BCUT2D eigenvalue weighted by Crippen LogP contribution is 2.39. The molecule has 0 spiro atoms. The van der Waals surface area contributed by atoms with Crippen LogP contribution in [0.2, 0.25) is 0 Å². The van der Waals surface area contributed by atoms with Crippen LogP contribution in [0, 0.1) is 0 Å². The summed E-state index contributed by atoms with van der Waals surface area (Å²) in [7, 11) is 0. The number of hydrogen-bond donors (Lipinski definition) is 2. The molecule has 1 aromatic carbocycles. The quantitative estimate of drug-likeness (QED) is 0.756. The summed E-state index contributed by atoms with van der Waals surface area (Å²) in [5.74, 6) is 1.51. The highest BCUT2D eigenvalue weighted by atomic mass is 15.1. The van der Waals surface area contributed by atoms with E-state index in [1.807, 2.05) is 24.4 Å². The summed E-state index contributed by atoms with van der Waals surface area (Å²) < 4.78 is 0. The molecule has 1 saturated carbocycles. The Morgan fingerprint density at radius 1 is 1.14 bits per heavy atom. The van der Waals surface area contributed by atoms with Crippen molar-refractivity contribution in [3.05, 3.63) is 60.2 Å². The summed E-state index contributed by atoms with van der Waals surface area (Å²) in [6, 6.07) is 12.3. The van der Waals surface area contributed by atoms with Crippen LogP contribution in [-0.2, 0) is 6.54 Å². The van der Waals surface area contributed by atoms with Crippen molar-refractivity contribution in [2.75, 3.05) is 5.32 Å². The van der Waals surface area contributed by atoms with Crippen molar-refractivity contribution in [1.29, 1.82) is 0 Å². The van der Waals surface area contributed by atoms with Gasteiger partial charge in [0.2, 0.25) is 0 Å². The Morgan fingerprint density at radius 3 is 2.82 bits per heavy atom. The lowest BCUT2D eigenvalue weighted by Gasteiger charge is -2.07. The van der Waals surface area contributed by atoms with Crippen molar-refractivity contribution in [1.82, 2.24) is 20.2 Å². The summed E-state index contributed by atoms with van der Waals surface area (Å²) in [6.45, 7) is 0.682. The molecule has 22 heavy (non-hydrogen) atoms. The van der Waals surface area contributed by atoms with Crippen molar-refractivity contribution in [3.8, 4) is 11.3 Å². The van der Waals surface area contributed by atoms with Crippen molar-refractivity contribution in [2.24, 2.45) is 0 Å². The number of nitrogens with zero attached hydrogens (tertiary/aromatic N) is 3. The van der Waals surface area contributed by atoms with E-state index >= 15 is 0 Å². The molecular formula is C17H17N5. The van der Waals surface area contributed by atoms with Crippen LogP contribution in [0.5, 0.6) is 0 Å². The number of aromatic nitrogens is 4. The topological polar surface area (TPSA) is 66.5 Å². The third kappa shape index (κ3) is 2.70. The molecule has 0 amide bonds. The molecule has 110 valence electrons. The molecule has 5 heteroatoms. The first-order valence-corrected chi connectivity index (χ1v) is 7.53. The second-order valence-electron chi connectivity index (χ2n) is 5.59. The fourth-order valence-corrected chi connectivity index (χ4v) is 2.56. The maximum Gasteiger partial charge on any atom is 0.129 e. The first kappa shape index (κ1) is 13.0. The average Bonchev–Trinajstić information content (AvgIpc) is 3.32. The zero-order valence-electron chi connectivity index (χ0n) is 12.2. The van der Waals surface area contributed by atoms with Gasteiger partial charge in [-0.15, -0.1) is 0 Å². The van der Waals surface area contributed by atoms with E-state index in [0.717, 1.165) is 28.3 Å². The summed E-state index contributed by atoms with van der Waals surface area (Å²) in [5.41, 5.74) is 4.45. The molecule has 1 aliphatic carbocycles. The second kappa shape index (κ2) is 5.60. The van der Waals surface area contributed by atoms with Gasteiger partial charge in [-0.2, -0.15) is 5.10 Å². The van der Waals surface area contributed by atoms with Gasteiger partial charge < -0.3 is 5.32 Å². The normalized spacial score (nSPS) is 14.0. The molecule has 0 aliphatic heterocycles. The number of rotatable bonds is 5. The Labute approximate surface area is 128 Å². The smallest absolute Gasteiger partial charge is 0.129 e. The monoisotopic (exact) mass is 291 g/mol.